The van der Waals surface area contributed by atoms with Crippen LogP contribution in [-0.2, 0) is 0 Å². The monoisotopic (exact) mass is 400 g/mol. The van der Waals surface area contributed by atoms with Crippen molar-refractivity contribution in [2.45, 2.75) is 20.0 Å². The lowest BCUT2D eigenvalue weighted by molar-refractivity contribution is 0.242. The fourth-order valence-electron chi connectivity index (χ4n) is 2.30. The number of benzene rings is 2. The maximum absolute atomic E-state index is 13.4. The molecule has 4 nitrogen and oxygen atoms in total. The second-order valence-corrected chi connectivity index (χ2v) is 6.51. The molecule has 0 saturated carbocycles. The Balaban J connectivity index is 1.94. The van der Waals surface area contributed by atoms with Crippen molar-refractivity contribution in [2.75, 3.05) is 0 Å². The molecule has 0 atom stereocenters. The molecular weight excluding hydrogens is 387 g/mol. The van der Waals surface area contributed by atoms with Gasteiger partial charge in [0.05, 0.1) is 16.1 Å². The van der Waals surface area contributed by atoms with E-state index < -0.39 is 0 Å². The van der Waals surface area contributed by atoms with Gasteiger partial charge in [-0.1, -0.05) is 0 Å². The van der Waals surface area contributed by atoms with Crippen molar-refractivity contribution in [3.63, 3.8) is 0 Å². The lowest BCUT2D eigenvalue weighted by Crippen LogP contribution is -2.06. The quantitative estimate of drug-likeness (QED) is 0.574. The summed E-state index contributed by atoms with van der Waals surface area (Å²) < 4.78 is 24.9. The van der Waals surface area contributed by atoms with Crippen molar-refractivity contribution >= 4 is 15.9 Å². The Hall–Kier alpha value is -2.65. The highest BCUT2D eigenvalue weighted by molar-refractivity contribution is 9.10. The molecule has 0 radical (unpaired) electrons. The van der Waals surface area contributed by atoms with Gasteiger partial charge in [0.25, 0.3) is 0 Å². The Kier molecular flexibility index (Phi) is 4.86. The lowest BCUT2D eigenvalue weighted by atomic mass is 10.1. The van der Waals surface area contributed by atoms with Crippen LogP contribution >= 0.6 is 15.9 Å². The molecule has 0 N–H and O–H groups in total. The average Bonchev–Trinajstić information content (AvgIpc) is 3.07. The van der Waals surface area contributed by atoms with Crippen molar-refractivity contribution in [1.82, 2.24) is 4.98 Å². The summed E-state index contributed by atoms with van der Waals surface area (Å²) in [6, 6.07) is 11.9. The first-order valence-corrected chi connectivity index (χ1v) is 8.39. The van der Waals surface area contributed by atoms with Gasteiger partial charge in [-0.3, -0.25) is 0 Å². The highest BCUT2D eigenvalue weighted by Crippen LogP contribution is 2.30. The topological polar surface area (TPSA) is 59.1 Å². The molecule has 1 aromatic heterocycles. The van der Waals surface area contributed by atoms with E-state index in [2.05, 4.69) is 27.0 Å². The number of aromatic nitrogens is 1. The van der Waals surface area contributed by atoms with E-state index in [0.29, 0.717) is 32.9 Å². The maximum Gasteiger partial charge on any atom is 0.226 e. The van der Waals surface area contributed by atoms with E-state index in [-0.39, 0.29) is 11.9 Å². The molecule has 126 valence electrons. The van der Waals surface area contributed by atoms with Crippen LogP contribution in [0.4, 0.5) is 4.39 Å². The predicted octanol–water partition coefficient (Wildman–Crippen LogP) is 5.57. The van der Waals surface area contributed by atoms with Crippen molar-refractivity contribution in [3.8, 4) is 34.5 Å². The first-order valence-electron chi connectivity index (χ1n) is 7.60. The molecule has 0 saturated heterocycles. The van der Waals surface area contributed by atoms with Gasteiger partial charge in [-0.25, -0.2) is 9.37 Å². The van der Waals surface area contributed by atoms with Crippen LogP contribution in [0.25, 0.3) is 22.7 Å². The predicted molar refractivity (Wildman–Crippen MR) is 95.5 cm³/mol. The van der Waals surface area contributed by atoms with Gasteiger partial charge < -0.3 is 9.15 Å². The van der Waals surface area contributed by atoms with E-state index in [4.69, 9.17) is 9.15 Å². The Labute approximate surface area is 153 Å². The Morgan fingerprint density at radius 1 is 1.20 bits per heavy atom. The molecule has 0 spiro atoms. The molecular formula is C19H14BrFN2O2. The molecule has 0 fully saturated rings. The molecule has 0 aliphatic heterocycles. The molecule has 3 aromatic rings. The van der Waals surface area contributed by atoms with Crippen molar-refractivity contribution in [1.29, 1.82) is 5.26 Å². The molecule has 0 amide bonds. The molecule has 0 aliphatic rings. The van der Waals surface area contributed by atoms with Crippen LogP contribution in [0.15, 0.2) is 51.6 Å². The number of hydrogen-bond acceptors (Lipinski definition) is 4. The Bertz CT molecular complexity index is 960. The summed E-state index contributed by atoms with van der Waals surface area (Å²) in [7, 11) is 0. The third-order valence-corrected chi connectivity index (χ3v) is 4.04. The first kappa shape index (κ1) is 17.2. The van der Waals surface area contributed by atoms with Crippen molar-refractivity contribution in [2.24, 2.45) is 0 Å². The molecule has 1 heterocycles. The lowest BCUT2D eigenvalue weighted by Gasteiger charge is -2.11. The van der Waals surface area contributed by atoms with Gasteiger partial charge in [0.15, 0.2) is 0 Å². The minimum Gasteiger partial charge on any atom is -0.490 e. The van der Waals surface area contributed by atoms with Crippen LogP contribution < -0.4 is 4.74 Å². The molecule has 3 rings (SSSR count). The van der Waals surface area contributed by atoms with Gasteiger partial charge in [0.2, 0.25) is 5.89 Å². The van der Waals surface area contributed by atoms with Gasteiger partial charge >= 0.3 is 0 Å². The smallest absolute Gasteiger partial charge is 0.226 e. The normalized spacial score (nSPS) is 10.7. The summed E-state index contributed by atoms with van der Waals surface area (Å²) in [6.45, 7) is 3.80. The van der Waals surface area contributed by atoms with Crippen LogP contribution in [0, 0.1) is 17.1 Å². The standard InChI is InChI=1S/C19H14BrFN2O2/c1-11(2)25-18-6-4-13(7-14(18)9-22)19-23-17(10-24-19)12-3-5-16(21)15(20)8-12/h3-8,10-11H,1-2H3. The van der Waals surface area contributed by atoms with Gasteiger partial charge in [0.1, 0.15) is 29.6 Å². The zero-order valence-electron chi connectivity index (χ0n) is 13.6. The van der Waals surface area contributed by atoms with Crippen molar-refractivity contribution in [3.05, 3.63) is 58.5 Å². The number of rotatable bonds is 4. The zero-order valence-corrected chi connectivity index (χ0v) is 15.2. The fraction of sp³-hybridized carbons (Fsp3) is 0.158. The molecule has 6 heteroatoms. The van der Waals surface area contributed by atoms with Gasteiger partial charge in [-0.15, -0.1) is 0 Å². The molecule has 0 unspecified atom stereocenters. The molecule has 0 aliphatic carbocycles. The summed E-state index contributed by atoms with van der Waals surface area (Å²) in [5.74, 6) is 0.561. The molecule has 2 aromatic carbocycles. The Morgan fingerprint density at radius 3 is 2.64 bits per heavy atom. The van der Waals surface area contributed by atoms with Crippen LogP contribution in [0.1, 0.15) is 19.4 Å². The van der Waals surface area contributed by atoms with E-state index in [9.17, 15) is 9.65 Å². The van der Waals surface area contributed by atoms with Gasteiger partial charge in [-0.05, 0) is 66.2 Å². The van der Waals surface area contributed by atoms with Crippen molar-refractivity contribution < 1.29 is 13.5 Å². The number of ether oxygens (including phenoxy) is 1. The second-order valence-electron chi connectivity index (χ2n) is 5.66. The van der Waals surface area contributed by atoms with Crippen LogP contribution in [-0.4, -0.2) is 11.1 Å². The zero-order chi connectivity index (χ0) is 18.0. The SMILES string of the molecule is CC(C)Oc1ccc(-c2nc(-c3ccc(F)c(Br)c3)co2)cc1C#N. The first-order chi connectivity index (χ1) is 12.0. The highest BCUT2D eigenvalue weighted by Gasteiger charge is 2.13. The maximum atomic E-state index is 13.4. The summed E-state index contributed by atoms with van der Waals surface area (Å²) in [4.78, 5) is 4.43. The van der Waals surface area contributed by atoms with Gasteiger partial charge in [0, 0.05) is 11.1 Å². The van der Waals surface area contributed by atoms with E-state index in [1.54, 1.807) is 30.3 Å². The summed E-state index contributed by atoms with van der Waals surface area (Å²) in [6.07, 6.45) is 1.47. The van der Waals surface area contributed by atoms with Crippen LogP contribution in [0.5, 0.6) is 5.75 Å². The van der Waals surface area contributed by atoms with E-state index in [0.717, 1.165) is 5.56 Å². The van der Waals surface area contributed by atoms with E-state index in [1.807, 2.05) is 13.8 Å². The number of halogens is 2. The highest BCUT2D eigenvalue weighted by atomic mass is 79.9. The second kappa shape index (κ2) is 7.08. The number of hydrogen-bond donors (Lipinski definition) is 0. The third-order valence-electron chi connectivity index (χ3n) is 3.43. The molecule has 25 heavy (non-hydrogen) atoms. The van der Waals surface area contributed by atoms with Crippen LogP contribution in [0.2, 0.25) is 0 Å². The van der Waals surface area contributed by atoms with Crippen LogP contribution in [0.3, 0.4) is 0 Å². The number of nitrogens with zero attached hydrogens (tertiary/aromatic N) is 2. The molecule has 0 bridgehead atoms. The van der Waals surface area contributed by atoms with E-state index in [1.165, 1.54) is 12.3 Å². The average molecular weight is 401 g/mol. The number of nitriles is 1. The summed E-state index contributed by atoms with van der Waals surface area (Å²) >= 11 is 3.16. The minimum atomic E-state index is -0.341. The number of oxazole rings is 1. The van der Waals surface area contributed by atoms with Gasteiger partial charge in [-0.2, -0.15) is 5.26 Å². The largest absolute Gasteiger partial charge is 0.490 e. The summed E-state index contributed by atoms with van der Waals surface area (Å²) in [5, 5.41) is 9.32. The Morgan fingerprint density at radius 2 is 1.96 bits per heavy atom. The fourth-order valence-corrected chi connectivity index (χ4v) is 2.68. The minimum absolute atomic E-state index is 0.0248. The summed E-state index contributed by atoms with van der Waals surface area (Å²) in [5.41, 5.74) is 2.39. The van der Waals surface area contributed by atoms with E-state index >= 15 is 0 Å². The third kappa shape index (κ3) is 3.72.